The van der Waals surface area contributed by atoms with E-state index in [1.54, 1.807) is 7.05 Å². The second kappa shape index (κ2) is 15.4. The molecule has 2 atom stereocenters. The van der Waals surface area contributed by atoms with Crippen LogP contribution < -0.4 is 10.6 Å². The van der Waals surface area contributed by atoms with Gasteiger partial charge in [-0.15, -0.1) is 0 Å². The van der Waals surface area contributed by atoms with E-state index in [1.165, 1.54) is 5.56 Å². The minimum absolute atomic E-state index is 0.0327. The first kappa shape index (κ1) is 28.7. The molecule has 0 aromatic heterocycles. The maximum Gasteiger partial charge on any atom is 0.314 e. The third-order valence-corrected chi connectivity index (χ3v) is 7.00. The lowest BCUT2D eigenvalue weighted by Crippen LogP contribution is -2.47. The van der Waals surface area contributed by atoms with Crippen molar-refractivity contribution in [3.63, 3.8) is 0 Å². The van der Waals surface area contributed by atoms with Crippen LogP contribution in [0.25, 0.3) is 11.1 Å². The third kappa shape index (κ3) is 8.30. The first-order valence-corrected chi connectivity index (χ1v) is 13.7. The first-order valence-electron chi connectivity index (χ1n) is 13.7. The Morgan fingerprint density at radius 1 is 1.03 bits per heavy atom. The molecule has 0 saturated carbocycles. The van der Waals surface area contributed by atoms with E-state index in [1.807, 2.05) is 30.0 Å². The fourth-order valence-corrected chi connectivity index (χ4v) is 5.05. The van der Waals surface area contributed by atoms with E-state index in [4.69, 9.17) is 9.47 Å². The van der Waals surface area contributed by atoms with Gasteiger partial charge in [-0.1, -0.05) is 68.3 Å². The number of ether oxygens (including phenoxy) is 2. The molecular formula is C30H43N3O4. The van der Waals surface area contributed by atoms with Crippen molar-refractivity contribution in [2.24, 2.45) is 0 Å². The summed E-state index contributed by atoms with van der Waals surface area (Å²) < 4.78 is 11.6. The second-order valence-corrected chi connectivity index (χ2v) is 9.46. The molecule has 1 heterocycles. The molecule has 1 aliphatic heterocycles. The molecule has 7 heteroatoms. The number of unbranched alkanes of at least 4 members (excludes halogenated alkanes) is 1. The van der Waals surface area contributed by atoms with Crippen molar-refractivity contribution in [1.82, 2.24) is 15.5 Å². The van der Waals surface area contributed by atoms with Crippen LogP contribution in [0.2, 0.25) is 0 Å². The quantitative estimate of drug-likeness (QED) is 0.408. The van der Waals surface area contributed by atoms with Crippen molar-refractivity contribution < 1.29 is 19.1 Å². The van der Waals surface area contributed by atoms with Gasteiger partial charge in [0, 0.05) is 39.7 Å². The SMILES string of the molecule is CCCCC(CCNC(=O)NC)c1cccc(-c2ccccc2)c1CC(OCC)C(=O)N1CCOCC1. The van der Waals surface area contributed by atoms with Gasteiger partial charge >= 0.3 is 6.03 Å². The minimum atomic E-state index is -0.553. The monoisotopic (exact) mass is 509 g/mol. The predicted molar refractivity (Wildman–Crippen MR) is 148 cm³/mol. The number of nitrogens with one attached hydrogen (secondary N) is 2. The summed E-state index contributed by atoms with van der Waals surface area (Å²) in [6.45, 7) is 7.52. The van der Waals surface area contributed by atoms with Gasteiger partial charge in [0.25, 0.3) is 5.91 Å². The Hall–Kier alpha value is -2.90. The van der Waals surface area contributed by atoms with Crippen molar-refractivity contribution in [2.75, 3.05) is 46.5 Å². The largest absolute Gasteiger partial charge is 0.378 e. The van der Waals surface area contributed by atoms with Gasteiger partial charge in [-0.2, -0.15) is 0 Å². The summed E-state index contributed by atoms with van der Waals surface area (Å²) in [5.41, 5.74) is 4.67. The fourth-order valence-electron chi connectivity index (χ4n) is 5.05. The van der Waals surface area contributed by atoms with E-state index in [-0.39, 0.29) is 17.9 Å². The average molecular weight is 510 g/mol. The lowest BCUT2D eigenvalue weighted by atomic mass is 9.82. The molecule has 2 aromatic rings. The number of morpholine rings is 1. The van der Waals surface area contributed by atoms with Crippen LogP contribution in [0.15, 0.2) is 48.5 Å². The van der Waals surface area contributed by atoms with E-state index in [9.17, 15) is 9.59 Å². The summed E-state index contributed by atoms with van der Waals surface area (Å²) >= 11 is 0. The first-order chi connectivity index (χ1) is 18.1. The lowest BCUT2D eigenvalue weighted by Gasteiger charge is -2.31. The molecule has 7 nitrogen and oxygen atoms in total. The summed E-state index contributed by atoms with van der Waals surface area (Å²) in [6, 6.07) is 16.7. The van der Waals surface area contributed by atoms with E-state index in [2.05, 4.69) is 47.9 Å². The molecule has 3 amide bonds. The average Bonchev–Trinajstić information content (AvgIpc) is 2.95. The number of hydrogen-bond acceptors (Lipinski definition) is 4. The normalized spacial score (nSPS) is 15.2. The molecule has 1 saturated heterocycles. The Bertz CT molecular complexity index is 976. The van der Waals surface area contributed by atoms with Crippen molar-refractivity contribution >= 4 is 11.9 Å². The number of carbonyl (C=O) groups excluding carboxylic acids is 2. The van der Waals surface area contributed by atoms with E-state index >= 15 is 0 Å². The Labute approximate surface area is 221 Å². The molecule has 0 spiro atoms. The zero-order chi connectivity index (χ0) is 26.5. The zero-order valence-electron chi connectivity index (χ0n) is 22.6. The van der Waals surface area contributed by atoms with Crippen molar-refractivity contribution in [1.29, 1.82) is 0 Å². The van der Waals surface area contributed by atoms with Gasteiger partial charge < -0.3 is 25.0 Å². The molecule has 202 valence electrons. The summed E-state index contributed by atoms with van der Waals surface area (Å²) in [6.07, 6.45) is 4.01. The number of urea groups is 1. The van der Waals surface area contributed by atoms with Crippen LogP contribution >= 0.6 is 0 Å². The van der Waals surface area contributed by atoms with Crippen LogP contribution in [0, 0.1) is 0 Å². The number of benzene rings is 2. The standard InChI is InChI=1S/C30H43N3O4/c1-4-6-11-24(16-17-32-30(35)31-3)26-15-10-14-25(23-12-8-7-9-13-23)27(26)22-28(37-5-2)29(34)33-18-20-36-21-19-33/h7-10,12-15,24,28H,4-6,11,16-22H2,1-3H3,(H2,31,32,35). The minimum Gasteiger partial charge on any atom is -0.378 e. The van der Waals surface area contributed by atoms with E-state index in [0.717, 1.165) is 42.4 Å². The molecule has 2 N–H and O–H groups in total. The van der Waals surface area contributed by atoms with Crippen molar-refractivity contribution in [3.05, 3.63) is 59.7 Å². The van der Waals surface area contributed by atoms with Crippen LogP contribution in [0.3, 0.4) is 0 Å². The molecule has 2 aromatic carbocycles. The van der Waals surface area contributed by atoms with Crippen LogP contribution in [-0.2, 0) is 20.7 Å². The summed E-state index contributed by atoms with van der Waals surface area (Å²) in [5.74, 6) is 0.293. The Morgan fingerprint density at radius 2 is 1.78 bits per heavy atom. The molecule has 3 rings (SSSR count). The molecule has 0 radical (unpaired) electrons. The van der Waals surface area contributed by atoms with Crippen LogP contribution in [-0.4, -0.2) is 69.4 Å². The van der Waals surface area contributed by atoms with Gasteiger partial charge in [-0.05, 0) is 47.9 Å². The van der Waals surface area contributed by atoms with Crippen molar-refractivity contribution in [3.8, 4) is 11.1 Å². The Morgan fingerprint density at radius 3 is 2.46 bits per heavy atom. The van der Waals surface area contributed by atoms with Crippen molar-refractivity contribution in [2.45, 2.75) is 58.0 Å². The van der Waals surface area contributed by atoms with Crippen LogP contribution in [0.5, 0.6) is 0 Å². The van der Waals surface area contributed by atoms with Crippen LogP contribution in [0.1, 0.15) is 56.6 Å². The summed E-state index contributed by atoms with van der Waals surface area (Å²) in [4.78, 5) is 27.2. The molecule has 0 bridgehead atoms. The number of amides is 3. The molecule has 2 unspecified atom stereocenters. The highest BCUT2D eigenvalue weighted by molar-refractivity contribution is 5.82. The van der Waals surface area contributed by atoms with Gasteiger partial charge in [0.05, 0.1) is 13.2 Å². The number of carbonyl (C=O) groups is 2. The molecule has 0 aliphatic carbocycles. The maximum absolute atomic E-state index is 13.6. The highest BCUT2D eigenvalue weighted by atomic mass is 16.5. The summed E-state index contributed by atoms with van der Waals surface area (Å²) in [7, 11) is 1.63. The van der Waals surface area contributed by atoms with Gasteiger partial charge in [-0.25, -0.2) is 4.79 Å². The highest BCUT2D eigenvalue weighted by Gasteiger charge is 2.29. The Balaban J connectivity index is 2.00. The fraction of sp³-hybridized carbons (Fsp3) is 0.533. The van der Waals surface area contributed by atoms with E-state index < -0.39 is 6.10 Å². The summed E-state index contributed by atoms with van der Waals surface area (Å²) in [5, 5.41) is 5.58. The smallest absolute Gasteiger partial charge is 0.314 e. The predicted octanol–water partition coefficient (Wildman–Crippen LogP) is 4.75. The highest BCUT2D eigenvalue weighted by Crippen LogP contribution is 2.35. The van der Waals surface area contributed by atoms with Crippen LogP contribution in [0.4, 0.5) is 4.79 Å². The van der Waals surface area contributed by atoms with Gasteiger partial charge in [0.2, 0.25) is 0 Å². The molecule has 37 heavy (non-hydrogen) atoms. The number of rotatable bonds is 13. The van der Waals surface area contributed by atoms with Gasteiger partial charge in [0.1, 0.15) is 6.10 Å². The molecule has 1 aliphatic rings. The zero-order valence-corrected chi connectivity index (χ0v) is 22.6. The number of hydrogen-bond donors (Lipinski definition) is 2. The molecular weight excluding hydrogens is 466 g/mol. The second-order valence-electron chi connectivity index (χ2n) is 9.46. The lowest BCUT2D eigenvalue weighted by molar-refractivity contribution is -0.147. The van der Waals surface area contributed by atoms with Gasteiger partial charge in [-0.3, -0.25) is 4.79 Å². The third-order valence-electron chi connectivity index (χ3n) is 7.00. The molecule has 1 fully saturated rings. The maximum atomic E-state index is 13.6. The van der Waals surface area contributed by atoms with E-state index in [0.29, 0.717) is 45.9 Å². The number of nitrogens with zero attached hydrogens (tertiary/aromatic N) is 1. The topological polar surface area (TPSA) is 79.9 Å². The van der Waals surface area contributed by atoms with Gasteiger partial charge in [0.15, 0.2) is 0 Å². The Kier molecular flexibility index (Phi) is 11.9.